The van der Waals surface area contributed by atoms with E-state index in [1.54, 1.807) is 7.11 Å². The zero-order valence-electron chi connectivity index (χ0n) is 17.5. The second-order valence-electron chi connectivity index (χ2n) is 8.51. The van der Waals surface area contributed by atoms with Gasteiger partial charge < -0.3 is 15.0 Å². The van der Waals surface area contributed by atoms with Gasteiger partial charge >= 0.3 is 0 Å². The number of carbonyl (C=O) groups excluding carboxylic acids is 1. The van der Waals surface area contributed by atoms with Crippen LogP contribution >= 0.6 is 24.8 Å². The maximum absolute atomic E-state index is 12.6. The van der Waals surface area contributed by atoms with Crippen molar-refractivity contribution in [2.45, 2.75) is 44.2 Å². The third kappa shape index (κ3) is 5.19. The number of amides is 1. The number of halogens is 2. The van der Waals surface area contributed by atoms with Gasteiger partial charge in [-0.25, -0.2) is 0 Å². The number of methoxy groups -OCH3 is 1. The number of rotatable bonds is 5. The van der Waals surface area contributed by atoms with E-state index in [1.165, 1.54) is 37.8 Å². The number of hydrogen-bond acceptors (Lipinski definition) is 4. The summed E-state index contributed by atoms with van der Waals surface area (Å²) in [6, 6.07) is 9.69. The van der Waals surface area contributed by atoms with Crippen LogP contribution in [-0.2, 0) is 11.2 Å². The average molecular weight is 444 g/mol. The lowest BCUT2D eigenvalue weighted by molar-refractivity contribution is -0.139. The minimum absolute atomic E-state index is 0. The van der Waals surface area contributed by atoms with Crippen LogP contribution in [0.2, 0.25) is 0 Å². The molecule has 1 amide bonds. The molecule has 1 aromatic carbocycles. The number of likely N-dealkylation sites (N-methyl/N-ethyl adjacent to an activating group) is 1. The Morgan fingerprint density at radius 1 is 1.21 bits per heavy atom. The SMILES string of the molecule is CNCC(=O)N1C[C@H]2C[C@@H](C1)[C@H](Cc1cccc(OC)c1)N1CCCC[C@@H]21.Cl.Cl. The predicted octanol–water partition coefficient (Wildman–Crippen LogP) is 3.00. The molecule has 2 bridgehead atoms. The largest absolute Gasteiger partial charge is 0.497 e. The molecule has 0 unspecified atom stereocenters. The van der Waals surface area contributed by atoms with E-state index in [0.717, 1.165) is 25.3 Å². The van der Waals surface area contributed by atoms with Crippen LogP contribution in [0, 0.1) is 11.8 Å². The van der Waals surface area contributed by atoms with E-state index in [4.69, 9.17) is 4.74 Å². The zero-order valence-corrected chi connectivity index (χ0v) is 19.1. The molecule has 3 fully saturated rings. The number of piperidine rings is 3. The first-order chi connectivity index (χ1) is 13.2. The Kier molecular flexibility index (Phi) is 9.08. The van der Waals surface area contributed by atoms with Crippen LogP contribution in [-0.4, -0.2) is 68.1 Å². The van der Waals surface area contributed by atoms with Gasteiger partial charge in [-0.2, -0.15) is 0 Å². The molecule has 164 valence electrons. The Balaban J connectivity index is 0.00000150. The van der Waals surface area contributed by atoms with Gasteiger partial charge in [0.25, 0.3) is 0 Å². The highest BCUT2D eigenvalue weighted by Crippen LogP contribution is 2.42. The van der Waals surface area contributed by atoms with E-state index in [-0.39, 0.29) is 30.7 Å². The summed E-state index contributed by atoms with van der Waals surface area (Å²) in [7, 11) is 3.59. The van der Waals surface area contributed by atoms with E-state index in [0.29, 0.717) is 30.5 Å². The molecule has 4 rings (SSSR count). The van der Waals surface area contributed by atoms with E-state index in [2.05, 4.69) is 33.3 Å². The Hall–Kier alpha value is -1.01. The molecule has 0 spiro atoms. The van der Waals surface area contributed by atoms with Crippen LogP contribution in [0.15, 0.2) is 24.3 Å². The highest BCUT2D eigenvalue weighted by molar-refractivity contribution is 5.85. The van der Waals surface area contributed by atoms with Crippen molar-refractivity contribution in [2.24, 2.45) is 11.8 Å². The smallest absolute Gasteiger partial charge is 0.236 e. The van der Waals surface area contributed by atoms with Crippen molar-refractivity contribution < 1.29 is 9.53 Å². The lowest BCUT2D eigenvalue weighted by atomic mass is 9.71. The second-order valence-corrected chi connectivity index (χ2v) is 8.51. The molecule has 0 radical (unpaired) electrons. The third-order valence-electron chi connectivity index (χ3n) is 6.88. The lowest BCUT2D eigenvalue weighted by Crippen LogP contribution is -2.65. The van der Waals surface area contributed by atoms with Crippen molar-refractivity contribution in [3.05, 3.63) is 29.8 Å². The lowest BCUT2D eigenvalue weighted by Gasteiger charge is -2.57. The number of ether oxygens (including phenoxy) is 1. The number of carbonyl (C=O) groups is 1. The summed E-state index contributed by atoms with van der Waals surface area (Å²) in [6.45, 7) is 3.53. The molecule has 3 heterocycles. The number of nitrogens with one attached hydrogen (secondary N) is 1. The molecule has 1 N–H and O–H groups in total. The van der Waals surface area contributed by atoms with Crippen LogP contribution < -0.4 is 10.1 Å². The van der Waals surface area contributed by atoms with Gasteiger partial charge in [0.05, 0.1) is 13.7 Å². The van der Waals surface area contributed by atoms with Gasteiger partial charge in [0.2, 0.25) is 5.91 Å². The predicted molar refractivity (Wildman–Crippen MR) is 121 cm³/mol. The molecule has 0 aliphatic carbocycles. The van der Waals surface area contributed by atoms with Gasteiger partial charge in [-0.15, -0.1) is 24.8 Å². The summed E-state index contributed by atoms with van der Waals surface area (Å²) >= 11 is 0. The van der Waals surface area contributed by atoms with Gasteiger partial charge in [0, 0.05) is 25.2 Å². The molecule has 5 nitrogen and oxygen atoms in total. The average Bonchev–Trinajstić information content (AvgIpc) is 2.71. The second kappa shape index (κ2) is 10.9. The minimum Gasteiger partial charge on any atom is -0.497 e. The van der Waals surface area contributed by atoms with Crippen molar-refractivity contribution in [1.82, 2.24) is 15.1 Å². The molecule has 0 aromatic heterocycles. The number of hydrogen-bond donors (Lipinski definition) is 1. The Morgan fingerprint density at radius 2 is 2.00 bits per heavy atom. The topological polar surface area (TPSA) is 44.8 Å². The summed E-state index contributed by atoms with van der Waals surface area (Å²) in [5.41, 5.74) is 1.35. The molecule has 3 aliphatic heterocycles. The van der Waals surface area contributed by atoms with Crippen molar-refractivity contribution >= 4 is 30.7 Å². The Bertz CT molecular complexity index is 675. The molecule has 3 saturated heterocycles. The van der Waals surface area contributed by atoms with Crippen LogP contribution in [0.4, 0.5) is 0 Å². The van der Waals surface area contributed by atoms with E-state index >= 15 is 0 Å². The normalized spacial score (nSPS) is 28.6. The van der Waals surface area contributed by atoms with Crippen molar-refractivity contribution in [1.29, 1.82) is 0 Å². The van der Waals surface area contributed by atoms with E-state index in [1.807, 2.05) is 13.1 Å². The first-order valence-electron chi connectivity index (χ1n) is 10.5. The standard InChI is InChI=1S/C22H33N3O2.2ClH/c1-23-13-22(26)24-14-17-12-18(15-24)21(25-9-4-3-8-20(17)25)11-16-6-5-7-19(10-16)27-2;;/h5-7,10,17-18,20-21,23H,3-4,8-9,11-15H2,1-2H3;2*1H/t17-,18+,20+,21+;;/m1../s1. The molecular weight excluding hydrogens is 409 g/mol. The summed E-state index contributed by atoms with van der Waals surface area (Å²) < 4.78 is 5.43. The molecule has 1 aromatic rings. The van der Waals surface area contributed by atoms with Crippen LogP contribution in [0.1, 0.15) is 31.2 Å². The summed E-state index contributed by atoms with van der Waals surface area (Å²) in [6.07, 6.45) is 6.27. The summed E-state index contributed by atoms with van der Waals surface area (Å²) in [5, 5.41) is 3.03. The van der Waals surface area contributed by atoms with E-state index in [9.17, 15) is 4.79 Å². The number of nitrogens with zero attached hydrogens (tertiary/aromatic N) is 2. The zero-order chi connectivity index (χ0) is 18.8. The molecule has 7 heteroatoms. The number of benzene rings is 1. The maximum atomic E-state index is 12.6. The fourth-order valence-electron chi connectivity index (χ4n) is 5.70. The van der Waals surface area contributed by atoms with Gasteiger partial charge in [0.15, 0.2) is 0 Å². The highest BCUT2D eigenvalue weighted by atomic mass is 35.5. The molecule has 3 aliphatic rings. The molecule has 4 atom stereocenters. The number of likely N-dealkylation sites (tertiary alicyclic amines) is 1. The summed E-state index contributed by atoms with van der Waals surface area (Å²) in [4.78, 5) is 17.5. The third-order valence-corrected chi connectivity index (χ3v) is 6.88. The minimum atomic E-state index is 0. The van der Waals surface area contributed by atoms with Gasteiger partial charge in [-0.05, 0) is 68.8 Å². The first-order valence-corrected chi connectivity index (χ1v) is 10.5. The van der Waals surface area contributed by atoms with Gasteiger partial charge in [0.1, 0.15) is 5.75 Å². The van der Waals surface area contributed by atoms with Crippen molar-refractivity contribution in [3.63, 3.8) is 0 Å². The molecular formula is C22H35Cl2N3O2. The van der Waals surface area contributed by atoms with Gasteiger partial charge in [-0.3, -0.25) is 9.69 Å². The van der Waals surface area contributed by atoms with Crippen LogP contribution in [0.25, 0.3) is 0 Å². The molecule has 0 saturated carbocycles. The summed E-state index contributed by atoms with van der Waals surface area (Å²) in [5.74, 6) is 2.42. The first kappa shape index (κ1) is 24.3. The number of fused-ring (bicyclic) bond motifs is 4. The monoisotopic (exact) mass is 443 g/mol. The van der Waals surface area contributed by atoms with Crippen molar-refractivity contribution in [3.8, 4) is 5.75 Å². The van der Waals surface area contributed by atoms with E-state index < -0.39 is 0 Å². The maximum Gasteiger partial charge on any atom is 0.236 e. The molecule has 29 heavy (non-hydrogen) atoms. The Labute approximate surface area is 187 Å². The van der Waals surface area contributed by atoms with Crippen LogP contribution in [0.5, 0.6) is 5.75 Å². The highest BCUT2D eigenvalue weighted by Gasteiger charge is 2.47. The van der Waals surface area contributed by atoms with Gasteiger partial charge in [-0.1, -0.05) is 18.6 Å². The quantitative estimate of drug-likeness (QED) is 0.759. The Morgan fingerprint density at radius 3 is 2.76 bits per heavy atom. The van der Waals surface area contributed by atoms with Crippen molar-refractivity contribution in [2.75, 3.05) is 40.3 Å². The van der Waals surface area contributed by atoms with Crippen LogP contribution in [0.3, 0.4) is 0 Å². The fourth-order valence-corrected chi connectivity index (χ4v) is 5.70. The fraction of sp³-hybridized carbons (Fsp3) is 0.682.